The number of hydrogen-bond donors (Lipinski definition) is 2. The van der Waals surface area contributed by atoms with E-state index in [0.29, 0.717) is 0 Å². The van der Waals surface area contributed by atoms with Crippen LogP contribution in [0.3, 0.4) is 0 Å². The van der Waals surface area contributed by atoms with Gasteiger partial charge in [-0.1, -0.05) is 43.0 Å². The summed E-state index contributed by atoms with van der Waals surface area (Å²) in [7, 11) is 0. The topological polar surface area (TPSA) is 20.2 Å². The molecule has 0 saturated carbocycles. The predicted octanol–water partition coefficient (Wildman–Crippen LogP) is 3.75. The highest BCUT2D eigenvalue weighted by molar-refractivity contribution is 8.03. The smallest absolute Gasteiger partial charge is 0.0582 e. The van der Waals surface area contributed by atoms with Crippen LogP contribution in [0.25, 0.3) is 0 Å². The molecule has 0 amide bonds. The molecule has 1 aromatic rings. The van der Waals surface area contributed by atoms with Gasteiger partial charge in [0.2, 0.25) is 0 Å². The minimum absolute atomic E-state index is 0.152. The van der Waals surface area contributed by atoms with Gasteiger partial charge in [-0.05, 0) is 35.8 Å². The number of aliphatic hydroxyl groups excluding tert-OH is 1. The summed E-state index contributed by atoms with van der Waals surface area (Å²) < 4.78 is 0. The van der Waals surface area contributed by atoms with Crippen LogP contribution < -0.4 is 0 Å². The molecule has 0 bridgehead atoms. The van der Waals surface area contributed by atoms with E-state index in [-0.39, 0.29) is 17.3 Å². The maximum Gasteiger partial charge on any atom is 0.0582 e. The van der Waals surface area contributed by atoms with Crippen molar-refractivity contribution in [1.82, 2.24) is 0 Å². The third kappa shape index (κ3) is 3.54. The molecule has 1 aromatic carbocycles. The molecule has 92 valence electrons. The summed E-state index contributed by atoms with van der Waals surface area (Å²) in [6, 6.07) is 10.4. The van der Waals surface area contributed by atoms with Crippen LogP contribution in [0.4, 0.5) is 0 Å². The second-order valence-electron chi connectivity index (χ2n) is 4.50. The van der Waals surface area contributed by atoms with E-state index in [0.717, 1.165) is 12.8 Å². The van der Waals surface area contributed by atoms with Crippen molar-refractivity contribution in [2.75, 3.05) is 0 Å². The standard InChI is InChI=1S/C14H18OS2/c1-10-13(15)8-7-12(9-14(10)16)17-11-5-3-2-4-6-11/h2-6,9-10,13-16H,7-8H2,1H3/t10-,13-,14?/m1/s1. The van der Waals surface area contributed by atoms with Crippen LogP contribution in [0.5, 0.6) is 0 Å². The molecule has 1 unspecified atom stereocenters. The quantitative estimate of drug-likeness (QED) is 0.795. The van der Waals surface area contributed by atoms with Crippen molar-refractivity contribution in [3.63, 3.8) is 0 Å². The Morgan fingerprint density at radius 1 is 1.29 bits per heavy atom. The first-order chi connectivity index (χ1) is 8.16. The van der Waals surface area contributed by atoms with Crippen LogP contribution in [0.1, 0.15) is 19.8 Å². The Morgan fingerprint density at radius 3 is 2.71 bits per heavy atom. The fourth-order valence-corrected chi connectivity index (χ4v) is 3.44. The SMILES string of the molecule is C[C@H]1C(S)C=C(Sc2ccccc2)CC[C@H]1O. The Kier molecular flexibility index (Phi) is 4.60. The monoisotopic (exact) mass is 266 g/mol. The van der Waals surface area contributed by atoms with Crippen LogP contribution in [0.15, 0.2) is 46.2 Å². The second-order valence-corrected chi connectivity index (χ2v) is 6.30. The first kappa shape index (κ1) is 13.1. The average Bonchev–Trinajstić information content (AvgIpc) is 2.45. The first-order valence-electron chi connectivity index (χ1n) is 5.96. The largest absolute Gasteiger partial charge is 0.393 e. The lowest BCUT2D eigenvalue weighted by atomic mass is 10.00. The van der Waals surface area contributed by atoms with Gasteiger partial charge in [-0.25, -0.2) is 0 Å². The van der Waals surface area contributed by atoms with E-state index in [4.69, 9.17) is 0 Å². The van der Waals surface area contributed by atoms with Gasteiger partial charge in [-0.3, -0.25) is 0 Å². The van der Waals surface area contributed by atoms with Crippen LogP contribution in [-0.2, 0) is 0 Å². The van der Waals surface area contributed by atoms with E-state index in [1.54, 1.807) is 11.8 Å². The summed E-state index contributed by atoms with van der Waals surface area (Å²) in [4.78, 5) is 2.57. The second kappa shape index (κ2) is 5.98. The maximum absolute atomic E-state index is 9.92. The minimum Gasteiger partial charge on any atom is -0.393 e. The normalized spacial score (nSPS) is 29.6. The van der Waals surface area contributed by atoms with Crippen molar-refractivity contribution >= 4 is 24.4 Å². The Morgan fingerprint density at radius 2 is 2.00 bits per heavy atom. The van der Waals surface area contributed by atoms with Crippen molar-refractivity contribution in [3.05, 3.63) is 41.3 Å². The molecule has 1 aliphatic carbocycles. The summed E-state index contributed by atoms with van der Waals surface area (Å²) in [6.45, 7) is 2.06. The number of thiol groups is 1. The molecular formula is C14H18OS2. The molecule has 2 rings (SSSR count). The summed E-state index contributed by atoms with van der Waals surface area (Å²) in [5, 5.41) is 10.1. The zero-order chi connectivity index (χ0) is 12.3. The van der Waals surface area contributed by atoms with Crippen LogP contribution in [0, 0.1) is 5.92 Å². The van der Waals surface area contributed by atoms with Crippen molar-refractivity contribution in [2.24, 2.45) is 5.92 Å². The van der Waals surface area contributed by atoms with Gasteiger partial charge in [0.25, 0.3) is 0 Å². The molecule has 0 fully saturated rings. The van der Waals surface area contributed by atoms with Crippen LogP contribution >= 0.6 is 24.4 Å². The van der Waals surface area contributed by atoms with E-state index in [9.17, 15) is 5.11 Å². The lowest BCUT2D eigenvalue weighted by Crippen LogP contribution is -2.23. The van der Waals surface area contributed by atoms with Gasteiger partial charge in [0.1, 0.15) is 0 Å². The molecule has 0 radical (unpaired) electrons. The van der Waals surface area contributed by atoms with Crippen molar-refractivity contribution in [2.45, 2.75) is 36.0 Å². The number of thioether (sulfide) groups is 1. The van der Waals surface area contributed by atoms with Gasteiger partial charge in [0.15, 0.2) is 0 Å². The molecule has 17 heavy (non-hydrogen) atoms. The molecule has 0 aliphatic heterocycles. The number of allylic oxidation sites excluding steroid dienone is 1. The summed E-state index contributed by atoms with van der Waals surface area (Å²) in [6.07, 6.45) is 3.75. The lowest BCUT2D eigenvalue weighted by Gasteiger charge is -2.19. The molecule has 0 aromatic heterocycles. The Labute approximate surface area is 113 Å². The van der Waals surface area contributed by atoms with E-state index in [2.05, 4.69) is 49.9 Å². The third-order valence-corrected chi connectivity index (χ3v) is 4.91. The summed E-state index contributed by atoms with van der Waals surface area (Å²) in [5.74, 6) is 0.229. The minimum atomic E-state index is -0.234. The van der Waals surface area contributed by atoms with Gasteiger partial charge in [-0.15, -0.1) is 0 Å². The number of rotatable bonds is 2. The van der Waals surface area contributed by atoms with Gasteiger partial charge in [0.05, 0.1) is 6.10 Å². The fourth-order valence-electron chi connectivity index (χ4n) is 1.93. The maximum atomic E-state index is 9.92. The highest BCUT2D eigenvalue weighted by Gasteiger charge is 2.24. The molecule has 1 nitrogen and oxygen atoms in total. The Hall–Kier alpha value is -0.380. The molecule has 0 saturated heterocycles. The van der Waals surface area contributed by atoms with Crippen molar-refractivity contribution < 1.29 is 5.11 Å². The van der Waals surface area contributed by atoms with Crippen LogP contribution in [-0.4, -0.2) is 16.5 Å². The third-order valence-electron chi connectivity index (χ3n) is 3.18. The molecule has 1 N–H and O–H groups in total. The van der Waals surface area contributed by atoms with Gasteiger partial charge in [-0.2, -0.15) is 12.6 Å². The fraction of sp³-hybridized carbons (Fsp3) is 0.429. The van der Waals surface area contributed by atoms with Crippen molar-refractivity contribution in [1.29, 1.82) is 0 Å². The highest BCUT2D eigenvalue weighted by atomic mass is 32.2. The summed E-state index contributed by atoms with van der Waals surface area (Å²) >= 11 is 6.35. The van der Waals surface area contributed by atoms with Crippen LogP contribution in [0.2, 0.25) is 0 Å². The Balaban J connectivity index is 2.08. The van der Waals surface area contributed by atoms with Gasteiger partial charge < -0.3 is 5.11 Å². The van der Waals surface area contributed by atoms with E-state index in [1.165, 1.54) is 9.80 Å². The van der Waals surface area contributed by atoms with E-state index in [1.807, 2.05) is 6.07 Å². The molecule has 0 spiro atoms. The zero-order valence-corrected chi connectivity index (χ0v) is 11.6. The molecule has 0 heterocycles. The number of hydrogen-bond acceptors (Lipinski definition) is 3. The zero-order valence-electron chi connectivity index (χ0n) is 9.91. The first-order valence-corrected chi connectivity index (χ1v) is 7.30. The van der Waals surface area contributed by atoms with Gasteiger partial charge in [0, 0.05) is 10.1 Å². The predicted molar refractivity (Wildman–Crippen MR) is 77.6 cm³/mol. The van der Waals surface area contributed by atoms with E-state index < -0.39 is 0 Å². The molecule has 3 heteroatoms. The number of benzene rings is 1. The molecule has 1 aliphatic rings. The van der Waals surface area contributed by atoms with Gasteiger partial charge >= 0.3 is 0 Å². The molecule has 3 atom stereocenters. The average molecular weight is 266 g/mol. The summed E-state index contributed by atoms with van der Waals surface area (Å²) in [5.41, 5.74) is 0. The molecular weight excluding hydrogens is 248 g/mol. The lowest BCUT2D eigenvalue weighted by molar-refractivity contribution is 0.115. The van der Waals surface area contributed by atoms with E-state index >= 15 is 0 Å². The van der Waals surface area contributed by atoms with Crippen molar-refractivity contribution in [3.8, 4) is 0 Å². The Bertz CT molecular complexity index is 388. The highest BCUT2D eigenvalue weighted by Crippen LogP contribution is 2.35. The number of aliphatic hydroxyl groups is 1.